The second-order valence-electron chi connectivity index (χ2n) is 5.88. The molecule has 2 rings (SSSR count). The normalized spacial score (nSPS) is 10.7. The lowest BCUT2D eigenvalue weighted by atomic mass is 10.1. The van der Waals surface area contributed by atoms with Gasteiger partial charge in [0.1, 0.15) is 11.6 Å². The van der Waals surface area contributed by atoms with Crippen molar-refractivity contribution in [2.45, 2.75) is 20.0 Å². The predicted molar refractivity (Wildman–Crippen MR) is 92.3 cm³/mol. The van der Waals surface area contributed by atoms with Crippen LogP contribution in [0, 0.1) is 12.7 Å². The van der Waals surface area contributed by atoms with E-state index in [0.717, 1.165) is 16.9 Å². The molecule has 1 N–H and O–H groups in total. The molecule has 2 aromatic rings. The van der Waals surface area contributed by atoms with Crippen LogP contribution in [0.15, 0.2) is 42.5 Å². The number of hydrogen-bond acceptors (Lipinski definition) is 3. The summed E-state index contributed by atoms with van der Waals surface area (Å²) in [4.78, 5) is 13.9. The summed E-state index contributed by atoms with van der Waals surface area (Å²) in [5, 5.41) is 2.81. The molecule has 2 aromatic carbocycles. The Morgan fingerprint density at radius 1 is 1.21 bits per heavy atom. The maximum atomic E-state index is 13.5. The van der Waals surface area contributed by atoms with Crippen LogP contribution in [0.5, 0.6) is 5.75 Å². The van der Waals surface area contributed by atoms with Gasteiger partial charge in [0, 0.05) is 13.1 Å². The first-order valence-corrected chi connectivity index (χ1v) is 7.81. The van der Waals surface area contributed by atoms with Crippen LogP contribution in [-0.4, -0.2) is 31.5 Å². The number of hydrogen-bond donors (Lipinski definition) is 1. The molecule has 0 aromatic heterocycles. The van der Waals surface area contributed by atoms with Gasteiger partial charge in [-0.05, 0) is 48.9 Å². The molecule has 4 nitrogen and oxygen atoms in total. The van der Waals surface area contributed by atoms with Crippen molar-refractivity contribution < 1.29 is 13.9 Å². The van der Waals surface area contributed by atoms with Crippen LogP contribution in [0.4, 0.5) is 4.39 Å². The van der Waals surface area contributed by atoms with Crippen molar-refractivity contribution >= 4 is 5.91 Å². The standard InChI is InChI=1S/C19H23FN2O2/c1-14-7-8-15(10-18(14)20)11-21-19(23)13-22(2)12-16-5-4-6-17(9-16)24-3/h4-10H,11-13H2,1-3H3,(H,21,23). The summed E-state index contributed by atoms with van der Waals surface area (Å²) in [7, 11) is 3.51. The Bertz CT molecular complexity index is 704. The average molecular weight is 330 g/mol. The van der Waals surface area contributed by atoms with Crippen molar-refractivity contribution in [1.29, 1.82) is 0 Å². The number of benzene rings is 2. The summed E-state index contributed by atoms with van der Waals surface area (Å²) in [5.41, 5.74) is 2.43. The highest BCUT2D eigenvalue weighted by atomic mass is 19.1. The summed E-state index contributed by atoms with van der Waals surface area (Å²) in [6.07, 6.45) is 0. The first-order chi connectivity index (χ1) is 11.5. The number of halogens is 1. The highest BCUT2D eigenvalue weighted by molar-refractivity contribution is 5.77. The molecule has 24 heavy (non-hydrogen) atoms. The minimum absolute atomic E-state index is 0.0959. The Morgan fingerprint density at radius 2 is 2.00 bits per heavy atom. The molecule has 128 valence electrons. The van der Waals surface area contributed by atoms with Crippen LogP contribution >= 0.6 is 0 Å². The van der Waals surface area contributed by atoms with Gasteiger partial charge >= 0.3 is 0 Å². The Hall–Kier alpha value is -2.40. The smallest absolute Gasteiger partial charge is 0.234 e. The average Bonchev–Trinajstić information content (AvgIpc) is 2.56. The van der Waals surface area contributed by atoms with E-state index < -0.39 is 0 Å². The summed E-state index contributed by atoms with van der Waals surface area (Å²) in [5.74, 6) is 0.449. The SMILES string of the molecule is COc1cccc(CN(C)CC(=O)NCc2ccc(C)c(F)c2)c1. The number of aryl methyl sites for hydroxylation is 1. The van der Waals surface area contributed by atoms with Crippen LogP contribution < -0.4 is 10.1 Å². The third-order valence-corrected chi connectivity index (χ3v) is 3.73. The maximum Gasteiger partial charge on any atom is 0.234 e. The molecule has 0 aliphatic heterocycles. The zero-order valence-electron chi connectivity index (χ0n) is 14.3. The third kappa shape index (κ3) is 5.35. The topological polar surface area (TPSA) is 41.6 Å². The fourth-order valence-corrected chi connectivity index (χ4v) is 2.39. The minimum atomic E-state index is -0.253. The van der Waals surface area contributed by atoms with Crippen LogP contribution in [0.1, 0.15) is 16.7 Å². The molecular weight excluding hydrogens is 307 g/mol. The Balaban J connectivity index is 1.81. The zero-order chi connectivity index (χ0) is 17.5. The molecule has 0 aliphatic rings. The Morgan fingerprint density at radius 3 is 2.71 bits per heavy atom. The largest absolute Gasteiger partial charge is 0.497 e. The summed E-state index contributed by atoms with van der Waals surface area (Å²) >= 11 is 0. The first-order valence-electron chi connectivity index (χ1n) is 7.81. The molecule has 0 atom stereocenters. The molecule has 0 spiro atoms. The summed E-state index contributed by atoms with van der Waals surface area (Å²) < 4.78 is 18.7. The van der Waals surface area contributed by atoms with Crippen molar-refractivity contribution in [2.75, 3.05) is 20.7 Å². The van der Waals surface area contributed by atoms with Gasteiger partial charge in [-0.2, -0.15) is 0 Å². The molecule has 0 radical (unpaired) electrons. The van der Waals surface area contributed by atoms with Gasteiger partial charge in [-0.15, -0.1) is 0 Å². The number of likely N-dealkylation sites (N-methyl/N-ethyl adjacent to an activating group) is 1. The number of methoxy groups -OCH3 is 1. The van der Waals surface area contributed by atoms with E-state index in [2.05, 4.69) is 5.32 Å². The lowest BCUT2D eigenvalue weighted by Gasteiger charge is -2.17. The predicted octanol–water partition coefficient (Wildman–Crippen LogP) is 2.89. The van der Waals surface area contributed by atoms with Crippen LogP contribution in [0.2, 0.25) is 0 Å². The van der Waals surface area contributed by atoms with Gasteiger partial charge < -0.3 is 10.1 Å². The van der Waals surface area contributed by atoms with Gasteiger partial charge in [0.25, 0.3) is 0 Å². The molecule has 0 saturated carbocycles. The van der Waals surface area contributed by atoms with Crippen LogP contribution in [0.3, 0.4) is 0 Å². The van der Waals surface area contributed by atoms with E-state index in [0.29, 0.717) is 18.7 Å². The highest BCUT2D eigenvalue weighted by Crippen LogP contribution is 2.13. The number of rotatable bonds is 7. The van der Waals surface area contributed by atoms with Crippen molar-refractivity contribution in [1.82, 2.24) is 10.2 Å². The zero-order valence-corrected chi connectivity index (χ0v) is 14.3. The number of carbonyl (C=O) groups excluding carboxylic acids is 1. The molecule has 0 bridgehead atoms. The first kappa shape index (κ1) is 17.9. The second kappa shape index (κ2) is 8.45. The number of nitrogens with zero attached hydrogens (tertiary/aromatic N) is 1. The Kier molecular flexibility index (Phi) is 6.32. The molecule has 1 amide bonds. The van der Waals surface area contributed by atoms with E-state index >= 15 is 0 Å². The molecule has 0 heterocycles. The number of carbonyl (C=O) groups is 1. The van der Waals surface area contributed by atoms with Crippen LogP contribution in [0.25, 0.3) is 0 Å². The molecule has 0 aliphatic carbocycles. The Labute approximate surface area is 142 Å². The van der Waals surface area contributed by atoms with E-state index in [4.69, 9.17) is 4.74 Å². The maximum absolute atomic E-state index is 13.5. The lowest BCUT2D eigenvalue weighted by molar-refractivity contribution is -0.122. The van der Waals surface area contributed by atoms with Gasteiger partial charge in [0.05, 0.1) is 13.7 Å². The van der Waals surface area contributed by atoms with Gasteiger partial charge in [0.15, 0.2) is 0 Å². The van der Waals surface area contributed by atoms with Crippen molar-refractivity contribution in [3.05, 3.63) is 65.0 Å². The quantitative estimate of drug-likeness (QED) is 0.849. The fraction of sp³-hybridized carbons (Fsp3) is 0.316. The van der Waals surface area contributed by atoms with E-state index in [-0.39, 0.29) is 18.3 Å². The number of nitrogens with one attached hydrogen (secondary N) is 1. The fourth-order valence-electron chi connectivity index (χ4n) is 2.39. The molecule has 5 heteroatoms. The van der Waals surface area contributed by atoms with Crippen molar-refractivity contribution in [3.63, 3.8) is 0 Å². The van der Waals surface area contributed by atoms with Gasteiger partial charge in [-0.3, -0.25) is 9.69 Å². The van der Waals surface area contributed by atoms with E-state index in [1.807, 2.05) is 42.3 Å². The molecular formula is C19H23FN2O2. The van der Waals surface area contributed by atoms with Crippen LogP contribution in [-0.2, 0) is 17.9 Å². The summed E-state index contributed by atoms with van der Waals surface area (Å²) in [6, 6.07) is 12.7. The minimum Gasteiger partial charge on any atom is -0.497 e. The summed E-state index contributed by atoms with van der Waals surface area (Å²) in [6.45, 7) is 2.95. The highest BCUT2D eigenvalue weighted by Gasteiger charge is 2.08. The molecule has 0 saturated heterocycles. The lowest BCUT2D eigenvalue weighted by Crippen LogP contribution is -2.34. The van der Waals surface area contributed by atoms with E-state index in [1.54, 1.807) is 20.1 Å². The third-order valence-electron chi connectivity index (χ3n) is 3.73. The molecule has 0 unspecified atom stereocenters. The van der Waals surface area contributed by atoms with Gasteiger partial charge in [-0.1, -0.05) is 24.3 Å². The molecule has 0 fully saturated rings. The monoisotopic (exact) mass is 330 g/mol. The van der Waals surface area contributed by atoms with Crippen molar-refractivity contribution in [3.8, 4) is 5.75 Å². The number of amides is 1. The van der Waals surface area contributed by atoms with E-state index in [9.17, 15) is 9.18 Å². The van der Waals surface area contributed by atoms with Gasteiger partial charge in [0.2, 0.25) is 5.91 Å². The van der Waals surface area contributed by atoms with Crippen molar-refractivity contribution in [2.24, 2.45) is 0 Å². The second-order valence-corrected chi connectivity index (χ2v) is 5.88. The van der Waals surface area contributed by atoms with Gasteiger partial charge in [-0.25, -0.2) is 4.39 Å². The number of ether oxygens (including phenoxy) is 1. The van der Waals surface area contributed by atoms with E-state index in [1.165, 1.54) is 6.07 Å².